The summed E-state index contributed by atoms with van der Waals surface area (Å²) in [7, 11) is 0. The number of amides is 1. The van der Waals surface area contributed by atoms with Crippen molar-refractivity contribution in [1.82, 2.24) is 5.32 Å². The lowest BCUT2D eigenvalue weighted by molar-refractivity contribution is -0.121. The van der Waals surface area contributed by atoms with Gasteiger partial charge in [0.15, 0.2) is 0 Å². The fourth-order valence-electron chi connectivity index (χ4n) is 2.97. The lowest BCUT2D eigenvalue weighted by atomic mass is 9.85. The SMILES string of the molecule is CCCC(N)c1ccc2c(c1)C(NC(=O)CC)CCC2. The summed E-state index contributed by atoms with van der Waals surface area (Å²) in [5.74, 6) is 0.131. The topological polar surface area (TPSA) is 55.1 Å². The minimum absolute atomic E-state index is 0.106. The number of nitrogens with two attached hydrogens (primary N) is 1. The molecule has 1 aliphatic carbocycles. The van der Waals surface area contributed by atoms with Gasteiger partial charge >= 0.3 is 0 Å². The second-order valence-corrected chi connectivity index (χ2v) is 5.72. The monoisotopic (exact) mass is 274 g/mol. The molecule has 0 saturated carbocycles. The molecule has 2 rings (SSSR count). The Bertz CT molecular complexity index is 470. The molecule has 3 N–H and O–H groups in total. The molecule has 0 heterocycles. The number of hydrogen-bond donors (Lipinski definition) is 2. The molecule has 3 heteroatoms. The average molecular weight is 274 g/mol. The van der Waals surface area contributed by atoms with Crippen LogP contribution in [0, 0.1) is 0 Å². The third-order valence-electron chi connectivity index (χ3n) is 4.17. The number of benzene rings is 1. The van der Waals surface area contributed by atoms with Gasteiger partial charge in [0.25, 0.3) is 0 Å². The lowest BCUT2D eigenvalue weighted by Gasteiger charge is -2.27. The Balaban J connectivity index is 2.24. The molecule has 0 saturated heterocycles. The van der Waals surface area contributed by atoms with Gasteiger partial charge in [-0.15, -0.1) is 0 Å². The van der Waals surface area contributed by atoms with Crippen LogP contribution in [0.4, 0.5) is 0 Å². The van der Waals surface area contributed by atoms with Crippen molar-refractivity contribution in [3.05, 3.63) is 34.9 Å². The summed E-state index contributed by atoms with van der Waals surface area (Å²) in [6.07, 6.45) is 5.92. The molecule has 1 aromatic carbocycles. The van der Waals surface area contributed by atoms with Gasteiger partial charge in [-0.3, -0.25) is 4.79 Å². The maximum absolute atomic E-state index is 11.7. The second kappa shape index (κ2) is 6.89. The summed E-state index contributed by atoms with van der Waals surface area (Å²) in [6.45, 7) is 4.05. The normalized spacial score (nSPS) is 19.2. The smallest absolute Gasteiger partial charge is 0.220 e. The molecule has 0 radical (unpaired) electrons. The predicted octanol–water partition coefficient (Wildman–Crippen LogP) is 3.39. The van der Waals surface area contributed by atoms with Crippen LogP contribution in [0.3, 0.4) is 0 Å². The van der Waals surface area contributed by atoms with Gasteiger partial charge in [0.1, 0.15) is 0 Å². The van der Waals surface area contributed by atoms with E-state index in [1.54, 1.807) is 0 Å². The first kappa shape index (κ1) is 15.0. The minimum atomic E-state index is 0.106. The van der Waals surface area contributed by atoms with Gasteiger partial charge in [-0.1, -0.05) is 38.5 Å². The summed E-state index contributed by atoms with van der Waals surface area (Å²) in [4.78, 5) is 11.7. The third-order valence-corrected chi connectivity index (χ3v) is 4.17. The Morgan fingerprint density at radius 1 is 1.45 bits per heavy atom. The van der Waals surface area contributed by atoms with Crippen LogP contribution in [0.2, 0.25) is 0 Å². The van der Waals surface area contributed by atoms with Crippen LogP contribution in [-0.2, 0) is 11.2 Å². The first-order valence-corrected chi connectivity index (χ1v) is 7.83. The molecule has 20 heavy (non-hydrogen) atoms. The first-order valence-electron chi connectivity index (χ1n) is 7.83. The average Bonchev–Trinajstić information content (AvgIpc) is 2.47. The zero-order chi connectivity index (χ0) is 14.5. The van der Waals surface area contributed by atoms with Crippen molar-refractivity contribution < 1.29 is 4.79 Å². The van der Waals surface area contributed by atoms with E-state index in [1.807, 2.05) is 6.92 Å². The summed E-state index contributed by atoms with van der Waals surface area (Å²) in [5.41, 5.74) is 10.1. The second-order valence-electron chi connectivity index (χ2n) is 5.72. The van der Waals surface area contributed by atoms with Crippen molar-refractivity contribution >= 4 is 5.91 Å². The maximum atomic E-state index is 11.7. The van der Waals surface area contributed by atoms with E-state index in [9.17, 15) is 4.79 Å². The molecule has 1 aliphatic rings. The summed E-state index contributed by atoms with van der Waals surface area (Å²) in [5, 5.41) is 3.14. The largest absolute Gasteiger partial charge is 0.349 e. The molecule has 0 aliphatic heterocycles. The van der Waals surface area contributed by atoms with E-state index in [4.69, 9.17) is 5.73 Å². The van der Waals surface area contributed by atoms with E-state index in [2.05, 4.69) is 30.4 Å². The quantitative estimate of drug-likeness (QED) is 0.864. The molecule has 1 amide bonds. The zero-order valence-corrected chi connectivity index (χ0v) is 12.6. The van der Waals surface area contributed by atoms with Crippen molar-refractivity contribution in [2.75, 3.05) is 0 Å². The summed E-state index contributed by atoms with van der Waals surface area (Å²) in [6, 6.07) is 6.85. The summed E-state index contributed by atoms with van der Waals surface area (Å²) < 4.78 is 0. The Kier molecular flexibility index (Phi) is 5.18. The van der Waals surface area contributed by atoms with E-state index in [0.29, 0.717) is 6.42 Å². The molecule has 2 unspecified atom stereocenters. The maximum Gasteiger partial charge on any atom is 0.220 e. The van der Waals surface area contributed by atoms with Crippen LogP contribution in [0.25, 0.3) is 0 Å². The van der Waals surface area contributed by atoms with Crippen molar-refractivity contribution in [3.63, 3.8) is 0 Å². The highest BCUT2D eigenvalue weighted by Crippen LogP contribution is 2.32. The number of nitrogens with one attached hydrogen (secondary N) is 1. The predicted molar refractivity (Wildman–Crippen MR) is 82.4 cm³/mol. The molecule has 0 bridgehead atoms. The van der Waals surface area contributed by atoms with Crippen LogP contribution in [0.15, 0.2) is 18.2 Å². The standard InChI is InChI=1S/C17H26N2O/c1-3-6-15(18)13-10-9-12-7-5-8-16(14(12)11-13)19-17(20)4-2/h9-11,15-16H,3-8,18H2,1-2H3,(H,19,20). The van der Waals surface area contributed by atoms with Gasteiger partial charge in [-0.25, -0.2) is 0 Å². The number of aryl methyl sites for hydroxylation is 1. The molecular weight excluding hydrogens is 248 g/mol. The fraction of sp³-hybridized carbons (Fsp3) is 0.588. The zero-order valence-electron chi connectivity index (χ0n) is 12.6. The first-order chi connectivity index (χ1) is 9.65. The Morgan fingerprint density at radius 3 is 2.95 bits per heavy atom. The van der Waals surface area contributed by atoms with Crippen LogP contribution >= 0.6 is 0 Å². The Labute approximate surface area is 121 Å². The van der Waals surface area contributed by atoms with Crippen molar-refractivity contribution in [2.24, 2.45) is 5.73 Å². The van der Waals surface area contributed by atoms with Crippen LogP contribution in [-0.4, -0.2) is 5.91 Å². The Morgan fingerprint density at radius 2 is 2.25 bits per heavy atom. The lowest BCUT2D eigenvalue weighted by Crippen LogP contribution is -2.30. The molecule has 1 aromatic rings. The van der Waals surface area contributed by atoms with Crippen molar-refractivity contribution in [2.45, 2.75) is 64.5 Å². The minimum Gasteiger partial charge on any atom is -0.349 e. The van der Waals surface area contributed by atoms with Crippen molar-refractivity contribution in [3.8, 4) is 0 Å². The van der Waals surface area contributed by atoms with E-state index in [-0.39, 0.29) is 18.0 Å². The van der Waals surface area contributed by atoms with Gasteiger partial charge in [0.2, 0.25) is 5.91 Å². The molecule has 110 valence electrons. The van der Waals surface area contributed by atoms with Gasteiger partial charge in [-0.2, -0.15) is 0 Å². The van der Waals surface area contributed by atoms with Gasteiger partial charge < -0.3 is 11.1 Å². The molecule has 0 spiro atoms. The molecule has 3 nitrogen and oxygen atoms in total. The highest BCUT2D eigenvalue weighted by atomic mass is 16.1. The van der Waals surface area contributed by atoms with Crippen LogP contribution < -0.4 is 11.1 Å². The number of rotatable bonds is 5. The van der Waals surface area contributed by atoms with E-state index >= 15 is 0 Å². The Hall–Kier alpha value is -1.35. The van der Waals surface area contributed by atoms with E-state index in [0.717, 1.165) is 32.1 Å². The number of carbonyl (C=O) groups excluding carboxylic acids is 1. The third kappa shape index (κ3) is 3.40. The molecule has 0 fully saturated rings. The van der Waals surface area contributed by atoms with Crippen LogP contribution in [0.1, 0.15) is 74.7 Å². The molecule has 0 aromatic heterocycles. The number of fused-ring (bicyclic) bond motifs is 1. The number of carbonyl (C=O) groups is 1. The van der Waals surface area contributed by atoms with Gasteiger partial charge in [-0.05, 0) is 42.4 Å². The van der Waals surface area contributed by atoms with Gasteiger partial charge in [0.05, 0.1) is 6.04 Å². The molecule has 2 atom stereocenters. The highest BCUT2D eigenvalue weighted by Gasteiger charge is 2.22. The van der Waals surface area contributed by atoms with Crippen molar-refractivity contribution in [1.29, 1.82) is 0 Å². The molecular formula is C17H26N2O. The fourth-order valence-corrected chi connectivity index (χ4v) is 2.97. The highest BCUT2D eigenvalue weighted by molar-refractivity contribution is 5.76. The van der Waals surface area contributed by atoms with E-state index < -0.39 is 0 Å². The summed E-state index contributed by atoms with van der Waals surface area (Å²) >= 11 is 0. The van der Waals surface area contributed by atoms with E-state index in [1.165, 1.54) is 16.7 Å². The van der Waals surface area contributed by atoms with Crippen LogP contribution in [0.5, 0.6) is 0 Å². The van der Waals surface area contributed by atoms with Gasteiger partial charge in [0, 0.05) is 12.5 Å². The number of hydrogen-bond acceptors (Lipinski definition) is 2.